The molecule has 1 amide bonds. The molecule has 1 aliphatic rings. The van der Waals surface area contributed by atoms with Crippen molar-refractivity contribution in [2.24, 2.45) is 0 Å². The highest BCUT2D eigenvalue weighted by Crippen LogP contribution is 2.20. The summed E-state index contributed by atoms with van der Waals surface area (Å²) in [7, 11) is 0. The summed E-state index contributed by atoms with van der Waals surface area (Å²) in [6.45, 7) is 8.18. The van der Waals surface area contributed by atoms with Crippen LogP contribution < -0.4 is 5.63 Å². The predicted molar refractivity (Wildman–Crippen MR) is 137 cm³/mol. The van der Waals surface area contributed by atoms with Crippen molar-refractivity contribution in [3.05, 3.63) is 52.1 Å². The van der Waals surface area contributed by atoms with Gasteiger partial charge in [-0.2, -0.15) is 0 Å². The number of hydrogen-bond donors (Lipinski definition) is 1. The Morgan fingerprint density at radius 1 is 1.20 bits per heavy atom. The Balaban J connectivity index is 1.28. The third-order valence-electron chi connectivity index (χ3n) is 5.24. The quantitative estimate of drug-likeness (QED) is 0.409. The van der Waals surface area contributed by atoms with Crippen LogP contribution in [0.4, 0.5) is 4.79 Å². The molecule has 0 bridgehead atoms. The molecule has 1 aliphatic heterocycles. The number of ether oxygens (including phenoxy) is 1. The van der Waals surface area contributed by atoms with E-state index in [0.717, 1.165) is 10.0 Å². The van der Waals surface area contributed by atoms with Crippen molar-refractivity contribution in [2.75, 3.05) is 26.2 Å². The van der Waals surface area contributed by atoms with Gasteiger partial charge in [-0.05, 0) is 39.0 Å². The molecule has 2 aromatic heterocycles. The van der Waals surface area contributed by atoms with E-state index in [4.69, 9.17) is 21.4 Å². The number of thioether (sulfide) groups is 1. The van der Waals surface area contributed by atoms with Crippen molar-refractivity contribution >= 4 is 45.4 Å². The van der Waals surface area contributed by atoms with Gasteiger partial charge in [0.2, 0.25) is 0 Å². The smallest absolute Gasteiger partial charge is 0.410 e. The van der Waals surface area contributed by atoms with E-state index in [9.17, 15) is 14.7 Å². The van der Waals surface area contributed by atoms with Crippen molar-refractivity contribution in [2.45, 2.75) is 38.7 Å². The molecule has 3 aromatic rings. The molecule has 12 heteroatoms. The summed E-state index contributed by atoms with van der Waals surface area (Å²) < 4.78 is 13.1. The number of phenols is 1. The first-order valence-corrected chi connectivity index (χ1v) is 12.5. The van der Waals surface area contributed by atoms with Crippen molar-refractivity contribution in [1.82, 2.24) is 24.8 Å². The molecule has 0 atom stereocenters. The van der Waals surface area contributed by atoms with Gasteiger partial charge in [0.1, 0.15) is 21.3 Å². The standard InChI is InChI=1S/C23H27N5O5S2/c1-23(2,3)33-21(31)26-6-8-27(9-7-26)22(34)35-14-17-13-28(25-24-17)12-16-10-15-4-5-18(29)11-19(15)32-20(16)30/h4-5,10-11,13,29H,6-9,12,14H2,1-3H3. The van der Waals surface area contributed by atoms with Crippen molar-refractivity contribution in [3.63, 3.8) is 0 Å². The summed E-state index contributed by atoms with van der Waals surface area (Å²) in [5, 5.41) is 18.6. The average Bonchev–Trinajstić information content (AvgIpc) is 3.24. The summed E-state index contributed by atoms with van der Waals surface area (Å²) >= 11 is 7.06. The molecule has 4 rings (SSSR count). The molecule has 1 saturated heterocycles. The number of hydrogen-bond acceptors (Lipinski definition) is 9. The highest BCUT2D eigenvalue weighted by Gasteiger charge is 2.26. The van der Waals surface area contributed by atoms with Gasteiger partial charge >= 0.3 is 11.7 Å². The fourth-order valence-electron chi connectivity index (χ4n) is 3.53. The average molecular weight is 518 g/mol. The van der Waals surface area contributed by atoms with Gasteiger partial charge in [-0.3, -0.25) is 0 Å². The summed E-state index contributed by atoms with van der Waals surface area (Å²) in [6.07, 6.45) is 1.47. The van der Waals surface area contributed by atoms with E-state index in [2.05, 4.69) is 15.2 Å². The van der Waals surface area contributed by atoms with Crippen LogP contribution in [0.2, 0.25) is 0 Å². The Bertz CT molecular complexity index is 1290. The number of aromatic hydroxyl groups is 1. The topological polar surface area (TPSA) is 114 Å². The number of piperazine rings is 1. The number of thiocarbonyl (C=S) groups is 1. The fraction of sp³-hybridized carbons (Fsp3) is 0.435. The van der Waals surface area contributed by atoms with Gasteiger partial charge in [-0.15, -0.1) is 5.10 Å². The van der Waals surface area contributed by atoms with Crippen molar-refractivity contribution in [1.29, 1.82) is 0 Å². The molecule has 0 spiro atoms. The number of benzene rings is 1. The number of carbonyl (C=O) groups excluding carboxylic acids is 1. The monoisotopic (exact) mass is 517 g/mol. The van der Waals surface area contributed by atoms with E-state index in [0.29, 0.717) is 48.5 Å². The lowest BCUT2D eigenvalue weighted by molar-refractivity contribution is 0.0189. The molecule has 186 valence electrons. The van der Waals surface area contributed by atoms with Crippen LogP contribution in [0.15, 0.2) is 39.7 Å². The van der Waals surface area contributed by atoms with Crippen molar-refractivity contribution in [3.8, 4) is 5.75 Å². The minimum Gasteiger partial charge on any atom is -0.508 e. The summed E-state index contributed by atoms with van der Waals surface area (Å²) in [4.78, 5) is 28.3. The van der Waals surface area contributed by atoms with Crippen LogP contribution in [0.3, 0.4) is 0 Å². The maximum Gasteiger partial charge on any atom is 0.410 e. The maximum atomic E-state index is 12.3. The number of phenolic OH excluding ortho intramolecular Hbond substituents is 1. The minimum absolute atomic E-state index is 0.0367. The third-order valence-corrected chi connectivity index (χ3v) is 6.80. The second-order valence-electron chi connectivity index (χ2n) is 9.20. The lowest BCUT2D eigenvalue weighted by atomic mass is 10.2. The number of amides is 1. The first kappa shape index (κ1) is 25.0. The Morgan fingerprint density at radius 2 is 1.91 bits per heavy atom. The van der Waals surface area contributed by atoms with Crippen LogP contribution in [0.1, 0.15) is 32.0 Å². The van der Waals surface area contributed by atoms with Gasteiger partial charge in [0.25, 0.3) is 0 Å². The lowest BCUT2D eigenvalue weighted by Crippen LogP contribution is -2.50. The molecular formula is C23H27N5O5S2. The number of carbonyl (C=O) groups is 1. The van der Waals surface area contributed by atoms with Gasteiger partial charge < -0.3 is 24.1 Å². The van der Waals surface area contributed by atoms with Gasteiger partial charge in [0.15, 0.2) is 0 Å². The van der Waals surface area contributed by atoms with E-state index in [1.807, 2.05) is 20.8 Å². The first-order chi connectivity index (χ1) is 16.6. The molecule has 35 heavy (non-hydrogen) atoms. The molecule has 1 aromatic carbocycles. The molecule has 3 heterocycles. The zero-order chi connectivity index (χ0) is 25.2. The molecule has 10 nitrogen and oxygen atoms in total. The molecular weight excluding hydrogens is 490 g/mol. The summed E-state index contributed by atoms with van der Waals surface area (Å²) in [5.74, 6) is 0.575. The normalized spacial score (nSPS) is 14.4. The van der Waals surface area contributed by atoms with E-state index >= 15 is 0 Å². The second-order valence-corrected chi connectivity index (χ2v) is 10.8. The zero-order valence-electron chi connectivity index (χ0n) is 19.8. The van der Waals surface area contributed by atoms with Gasteiger partial charge in [0.05, 0.1) is 17.8 Å². The number of aromatic nitrogens is 3. The number of fused-ring (bicyclic) bond motifs is 1. The van der Waals surface area contributed by atoms with E-state index in [-0.39, 0.29) is 18.4 Å². The largest absolute Gasteiger partial charge is 0.508 e. The summed E-state index contributed by atoms with van der Waals surface area (Å²) in [5.41, 5.74) is 0.501. The van der Waals surface area contributed by atoms with Crippen LogP contribution in [-0.2, 0) is 17.0 Å². The third kappa shape index (κ3) is 6.51. The van der Waals surface area contributed by atoms with E-state index in [1.54, 1.807) is 27.9 Å². The highest BCUT2D eigenvalue weighted by atomic mass is 32.2. The Hall–Kier alpha value is -3.12. The zero-order valence-corrected chi connectivity index (χ0v) is 21.4. The lowest BCUT2D eigenvalue weighted by Gasteiger charge is -2.36. The van der Waals surface area contributed by atoms with Crippen molar-refractivity contribution < 1.29 is 19.1 Å². The van der Waals surface area contributed by atoms with Crippen LogP contribution >= 0.6 is 24.0 Å². The highest BCUT2D eigenvalue weighted by molar-refractivity contribution is 8.22. The van der Waals surface area contributed by atoms with E-state index < -0.39 is 11.2 Å². The van der Waals surface area contributed by atoms with E-state index in [1.165, 1.54) is 23.9 Å². The van der Waals surface area contributed by atoms with Crippen LogP contribution in [-0.4, -0.2) is 72.1 Å². The minimum atomic E-state index is -0.515. The van der Waals surface area contributed by atoms with Crippen LogP contribution in [0, 0.1) is 0 Å². The SMILES string of the molecule is CC(C)(C)OC(=O)N1CCN(C(=S)SCc2cn(Cc3cc4ccc(O)cc4oc3=O)nn2)CC1. The number of rotatable bonds is 4. The Morgan fingerprint density at radius 3 is 2.63 bits per heavy atom. The second kappa shape index (κ2) is 10.2. The first-order valence-electron chi connectivity index (χ1n) is 11.1. The number of nitrogens with zero attached hydrogens (tertiary/aromatic N) is 5. The Kier molecular flexibility index (Phi) is 7.31. The maximum absolute atomic E-state index is 12.3. The molecule has 1 fully saturated rings. The molecule has 0 aliphatic carbocycles. The fourth-order valence-corrected chi connectivity index (χ4v) is 4.66. The van der Waals surface area contributed by atoms with Gasteiger partial charge in [-0.25, -0.2) is 14.3 Å². The van der Waals surface area contributed by atoms with Crippen LogP contribution in [0.25, 0.3) is 11.0 Å². The van der Waals surface area contributed by atoms with Gasteiger partial charge in [-0.1, -0.05) is 29.2 Å². The Labute approximate surface area is 211 Å². The molecule has 0 unspecified atom stereocenters. The molecule has 1 N–H and O–H groups in total. The summed E-state index contributed by atoms with van der Waals surface area (Å²) in [6, 6.07) is 6.36. The molecule has 0 saturated carbocycles. The predicted octanol–water partition coefficient (Wildman–Crippen LogP) is 3.21. The molecule has 0 radical (unpaired) electrons. The van der Waals surface area contributed by atoms with Gasteiger partial charge in [0, 0.05) is 49.6 Å². The van der Waals surface area contributed by atoms with Crippen LogP contribution in [0.5, 0.6) is 5.75 Å².